The highest BCUT2D eigenvalue weighted by atomic mass is 16.1. The summed E-state index contributed by atoms with van der Waals surface area (Å²) in [5.41, 5.74) is 3.48. The van der Waals surface area contributed by atoms with Gasteiger partial charge in [0.05, 0.1) is 29.5 Å². The third-order valence-electron chi connectivity index (χ3n) is 4.65. The van der Waals surface area contributed by atoms with E-state index in [1.165, 1.54) is 25.5 Å². The molecule has 0 saturated carbocycles. The van der Waals surface area contributed by atoms with Crippen molar-refractivity contribution < 1.29 is 4.79 Å². The second-order valence-corrected chi connectivity index (χ2v) is 6.78. The van der Waals surface area contributed by atoms with E-state index in [-0.39, 0.29) is 5.91 Å². The molecule has 7 nitrogen and oxygen atoms in total. The van der Waals surface area contributed by atoms with Gasteiger partial charge in [-0.2, -0.15) is 0 Å². The molecule has 0 unspecified atom stereocenters. The number of carbonyl (C=O) groups is 1. The standard InChI is InChI=1S/C20H22N6O/c1-14-11-15(24-20(23-14)26-9-5-2-6-10-26)12-22-19(27)18-13-21-16-7-3-4-8-17(16)25-18/h3-4,7-8,11,13H,2,5-6,9-10,12H2,1H3,(H,22,27). The van der Waals surface area contributed by atoms with Crippen LogP contribution >= 0.6 is 0 Å². The SMILES string of the molecule is Cc1cc(CNC(=O)c2cnc3ccccc3n2)nc(N2CCCCC2)n1. The first kappa shape index (κ1) is 17.3. The first-order valence-electron chi connectivity index (χ1n) is 9.28. The molecule has 3 aromatic rings. The lowest BCUT2D eigenvalue weighted by molar-refractivity contribution is 0.0945. The first-order chi connectivity index (χ1) is 13.2. The Hall–Kier alpha value is -3.09. The minimum absolute atomic E-state index is 0.260. The van der Waals surface area contributed by atoms with Crippen molar-refractivity contribution >= 4 is 22.9 Å². The van der Waals surface area contributed by atoms with Gasteiger partial charge in [0, 0.05) is 18.8 Å². The van der Waals surface area contributed by atoms with E-state index < -0.39 is 0 Å². The van der Waals surface area contributed by atoms with Crippen LogP contribution in [0.2, 0.25) is 0 Å². The van der Waals surface area contributed by atoms with E-state index in [9.17, 15) is 4.79 Å². The van der Waals surface area contributed by atoms with Crippen molar-refractivity contribution in [1.29, 1.82) is 0 Å². The summed E-state index contributed by atoms with van der Waals surface area (Å²) in [7, 11) is 0. The molecule has 7 heteroatoms. The number of benzene rings is 1. The molecule has 0 spiro atoms. The molecule has 0 atom stereocenters. The summed E-state index contributed by atoms with van der Waals surface area (Å²) in [6, 6.07) is 9.39. The number of aryl methyl sites for hydroxylation is 1. The quantitative estimate of drug-likeness (QED) is 0.768. The minimum Gasteiger partial charge on any atom is -0.345 e. The maximum Gasteiger partial charge on any atom is 0.271 e. The van der Waals surface area contributed by atoms with Crippen molar-refractivity contribution in [3.05, 3.63) is 53.6 Å². The fraction of sp³-hybridized carbons (Fsp3) is 0.350. The highest BCUT2D eigenvalue weighted by Gasteiger charge is 2.15. The number of para-hydroxylation sites is 2. The lowest BCUT2D eigenvalue weighted by atomic mass is 10.1. The van der Waals surface area contributed by atoms with Crippen molar-refractivity contribution in [3.63, 3.8) is 0 Å². The Morgan fingerprint density at radius 3 is 2.67 bits per heavy atom. The van der Waals surface area contributed by atoms with Gasteiger partial charge < -0.3 is 10.2 Å². The van der Waals surface area contributed by atoms with Crippen LogP contribution in [0.3, 0.4) is 0 Å². The van der Waals surface area contributed by atoms with E-state index in [1.807, 2.05) is 37.3 Å². The Labute approximate surface area is 157 Å². The van der Waals surface area contributed by atoms with Crippen LogP contribution in [-0.4, -0.2) is 38.9 Å². The number of hydrogen-bond acceptors (Lipinski definition) is 6. The normalized spacial score (nSPS) is 14.3. The molecule has 27 heavy (non-hydrogen) atoms. The number of carbonyl (C=O) groups excluding carboxylic acids is 1. The monoisotopic (exact) mass is 362 g/mol. The average molecular weight is 362 g/mol. The molecule has 0 aliphatic carbocycles. The number of anilines is 1. The predicted molar refractivity (Wildman–Crippen MR) is 104 cm³/mol. The second kappa shape index (κ2) is 7.65. The number of nitrogens with one attached hydrogen (secondary N) is 1. The Morgan fingerprint density at radius 1 is 1.07 bits per heavy atom. The molecule has 0 bridgehead atoms. The molecule has 1 N–H and O–H groups in total. The largest absolute Gasteiger partial charge is 0.345 e. The van der Waals surface area contributed by atoms with Crippen molar-refractivity contribution in [1.82, 2.24) is 25.3 Å². The molecular formula is C20H22N6O. The Kier molecular flexibility index (Phi) is 4.91. The van der Waals surface area contributed by atoms with Gasteiger partial charge in [-0.15, -0.1) is 0 Å². The maximum absolute atomic E-state index is 12.5. The van der Waals surface area contributed by atoms with Gasteiger partial charge in [-0.1, -0.05) is 12.1 Å². The van der Waals surface area contributed by atoms with Gasteiger partial charge in [0.2, 0.25) is 5.95 Å². The number of hydrogen-bond donors (Lipinski definition) is 1. The van der Waals surface area contributed by atoms with E-state index >= 15 is 0 Å². The number of piperidine rings is 1. The van der Waals surface area contributed by atoms with Crippen molar-refractivity contribution in [2.45, 2.75) is 32.7 Å². The summed E-state index contributed by atoms with van der Waals surface area (Å²) in [5, 5.41) is 2.89. The minimum atomic E-state index is -0.260. The zero-order valence-corrected chi connectivity index (χ0v) is 15.4. The number of amides is 1. The third kappa shape index (κ3) is 4.02. The van der Waals surface area contributed by atoms with Gasteiger partial charge in [0.25, 0.3) is 5.91 Å². The summed E-state index contributed by atoms with van der Waals surface area (Å²) in [6.07, 6.45) is 5.11. The number of rotatable bonds is 4. The average Bonchev–Trinajstić information content (AvgIpc) is 2.72. The lowest BCUT2D eigenvalue weighted by Gasteiger charge is -2.27. The van der Waals surface area contributed by atoms with Crippen molar-refractivity contribution in [2.24, 2.45) is 0 Å². The molecular weight excluding hydrogens is 340 g/mol. The van der Waals surface area contributed by atoms with Crippen LogP contribution < -0.4 is 10.2 Å². The highest BCUT2D eigenvalue weighted by Crippen LogP contribution is 2.16. The molecule has 1 fully saturated rings. The summed E-state index contributed by atoms with van der Waals surface area (Å²) >= 11 is 0. The first-order valence-corrected chi connectivity index (χ1v) is 9.28. The molecule has 2 aromatic heterocycles. The van der Waals surface area contributed by atoms with Gasteiger partial charge in [0.1, 0.15) is 5.69 Å². The van der Waals surface area contributed by atoms with Crippen LogP contribution in [0, 0.1) is 6.92 Å². The van der Waals surface area contributed by atoms with Crippen LogP contribution in [0.4, 0.5) is 5.95 Å². The van der Waals surface area contributed by atoms with Crippen LogP contribution in [0.5, 0.6) is 0 Å². The predicted octanol–water partition coefficient (Wildman–Crippen LogP) is 2.65. The number of fused-ring (bicyclic) bond motifs is 1. The van der Waals surface area contributed by atoms with E-state index in [1.54, 1.807) is 0 Å². The smallest absolute Gasteiger partial charge is 0.271 e. The van der Waals surface area contributed by atoms with Crippen LogP contribution in [0.25, 0.3) is 11.0 Å². The maximum atomic E-state index is 12.5. The number of nitrogens with zero attached hydrogens (tertiary/aromatic N) is 5. The zero-order chi connectivity index (χ0) is 18.6. The fourth-order valence-electron chi connectivity index (χ4n) is 3.27. The van der Waals surface area contributed by atoms with Gasteiger partial charge in [-0.25, -0.2) is 15.0 Å². The zero-order valence-electron chi connectivity index (χ0n) is 15.4. The van der Waals surface area contributed by atoms with Crippen LogP contribution in [0.1, 0.15) is 41.1 Å². The molecule has 3 heterocycles. The van der Waals surface area contributed by atoms with Crippen molar-refractivity contribution in [2.75, 3.05) is 18.0 Å². The highest BCUT2D eigenvalue weighted by molar-refractivity contribution is 5.93. The fourth-order valence-corrected chi connectivity index (χ4v) is 3.27. The molecule has 4 rings (SSSR count). The van der Waals surface area contributed by atoms with Gasteiger partial charge in [-0.05, 0) is 44.4 Å². The van der Waals surface area contributed by atoms with E-state index in [2.05, 4.69) is 30.2 Å². The van der Waals surface area contributed by atoms with Gasteiger partial charge in [-0.3, -0.25) is 9.78 Å². The third-order valence-corrected chi connectivity index (χ3v) is 4.65. The Balaban J connectivity index is 1.47. The van der Waals surface area contributed by atoms with E-state index in [4.69, 9.17) is 0 Å². The summed E-state index contributed by atoms with van der Waals surface area (Å²) < 4.78 is 0. The van der Waals surface area contributed by atoms with Crippen molar-refractivity contribution in [3.8, 4) is 0 Å². The lowest BCUT2D eigenvalue weighted by Crippen LogP contribution is -2.32. The molecule has 1 saturated heterocycles. The molecule has 1 aromatic carbocycles. The second-order valence-electron chi connectivity index (χ2n) is 6.78. The molecule has 138 valence electrons. The number of aromatic nitrogens is 4. The summed E-state index contributed by atoms with van der Waals surface area (Å²) in [6.45, 7) is 4.26. The molecule has 1 amide bonds. The molecule has 1 aliphatic rings. The Morgan fingerprint density at radius 2 is 1.85 bits per heavy atom. The summed E-state index contributed by atoms with van der Waals surface area (Å²) in [5.74, 6) is 0.494. The summed E-state index contributed by atoms with van der Waals surface area (Å²) in [4.78, 5) is 32.5. The van der Waals surface area contributed by atoms with Gasteiger partial charge in [0.15, 0.2) is 0 Å². The molecule has 1 aliphatic heterocycles. The van der Waals surface area contributed by atoms with Gasteiger partial charge >= 0.3 is 0 Å². The molecule has 0 radical (unpaired) electrons. The topological polar surface area (TPSA) is 83.9 Å². The van der Waals surface area contributed by atoms with E-state index in [0.717, 1.165) is 35.9 Å². The Bertz CT molecular complexity index is 968. The van der Waals surface area contributed by atoms with Crippen LogP contribution in [-0.2, 0) is 6.54 Å². The van der Waals surface area contributed by atoms with E-state index in [0.29, 0.717) is 17.8 Å². The van der Waals surface area contributed by atoms with Crippen LogP contribution in [0.15, 0.2) is 36.5 Å².